The number of amides is 1. The third-order valence-electron chi connectivity index (χ3n) is 3.34. The van der Waals surface area contributed by atoms with E-state index in [1.165, 1.54) is 16.0 Å². The number of nitrogens with two attached hydrogens (primary N) is 1. The number of carbonyl (C=O) groups excluding carboxylic acids is 1. The van der Waals surface area contributed by atoms with E-state index in [0.29, 0.717) is 5.69 Å². The summed E-state index contributed by atoms with van der Waals surface area (Å²) in [7, 11) is 0. The normalized spacial score (nSPS) is 14.8. The SMILES string of the molecule is C[C@H](N)C(=O)N(CC(=O)O)c1ccc2c(c1)CCC2. The molecule has 1 aromatic rings. The van der Waals surface area contributed by atoms with Gasteiger partial charge in [-0.05, 0) is 49.4 Å². The Morgan fingerprint density at radius 3 is 2.68 bits per heavy atom. The van der Waals surface area contributed by atoms with E-state index in [4.69, 9.17) is 10.8 Å². The van der Waals surface area contributed by atoms with Crippen molar-refractivity contribution in [1.82, 2.24) is 0 Å². The van der Waals surface area contributed by atoms with Crippen molar-refractivity contribution in [1.29, 1.82) is 0 Å². The van der Waals surface area contributed by atoms with E-state index in [-0.39, 0.29) is 12.5 Å². The number of aliphatic carboxylic acids is 1. The number of aryl methyl sites for hydroxylation is 2. The number of carbonyl (C=O) groups is 2. The zero-order chi connectivity index (χ0) is 14.0. The van der Waals surface area contributed by atoms with Gasteiger partial charge in [0.25, 0.3) is 0 Å². The van der Waals surface area contributed by atoms with Crippen molar-refractivity contribution in [3.05, 3.63) is 29.3 Å². The highest BCUT2D eigenvalue weighted by molar-refractivity contribution is 6.00. The summed E-state index contributed by atoms with van der Waals surface area (Å²) in [6.45, 7) is 1.20. The summed E-state index contributed by atoms with van der Waals surface area (Å²) in [5, 5.41) is 8.93. The van der Waals surface area contributed by atoms with Crippen molar-refractivity contribution in [2.75, 3.05) is 11.4 Å². The van der Waals surface area contributed by atoms with Crippen molar-refractivity contribution in [2.45, 2.75) is 32.2 Å². The van der Waals surface area contributed by atoms with E-state index in [2.05, 4.69) is 0 Å². The summed E-state index contributed by atoms with van der Waals surface area (Å²) < 4.78 is 0. The van der Waals surface area contributed by atoms with Gasteiger partial charge in [-0.25, -0.2) is 0 Å². The van der Waals surface area contributed by atoms with Gasteiger partial charge in [-0.1, -0.05) is 6.07 Å². The Balaban J connectivity index is 2.32. The van der Waals surface area contributed by atoms with E-state index in [0.717, 1.165) is 19.3 Å². The lowest BCUT2D eigenvalue weighted by Gasteiger charge is -2.23. The van der Waals surface area contributed by atoms with Crippen LogP contribution in [0.1, 0.15) is 24.5 Å². The second-order valence-corrected chi connectivity index (χ2v) is 4.91. The molecule has 0 saturated carbocycles. The molecule has 1 aliphatic carbocycles. The molecule has 5 nitrogen and oxygen atoms in total. The van der Waals surface area contributed by atoms with Gasteiger partial charge >= 0.3 is 5.97 Å². The van der Waals surface area contributed by atoms with E-state index in [9.17, 15) is 9.59 Å². The first kappa shape index (κ1) is 13.5. The summed E-state index contributed by atoms with van der Waals surface area (Å²) >= 11 is 0. The Kier molecular flexibility index (Phi) is 3.85. The molecule has 0 fully saturated rings. The lowest BCUT2D eigenvalue weighted by Crippen LogP contribution is -2.44. The first-order valence-corrected chi connectivity index (χ1v) is 6.39. The molecule has 0 bridgehead atoms. The third-order valence-corrected chi connectivity index (χ3v) is 3.34. The van der Waals surface area contributed by atoms with Crippen molar-refractivity contribution in [3.63, 3.8) is 0 Å². The maximum absolute atomic E-state index is 12.0. The summed E-state index contributed by atoms with van der Waals surface area (Å²) in [5.41, 5.74) is 8.68. The molecule has 0 radical (unpaired) electrons. The minimum atomic E-state index is -1.05. The van der Waals surface area contributed by atoms with E-state index in [1.807, 2.05) is 12.1 Å². The molecule has 0 unspecified atom stereocenters. The number of nitrogens with zero attached hydrogens (tertiary/aromatic N) is 1. The van der Waals surface area contributed by atoms with Gasteiger partial charge in [0.2, 0.25) is 5.91 Å². The highest BCUT2D eigenvalue weighted by Crippen LogP contribution is 2.27. The number of hydrogen-bond acceptors (Lipinski definition) is 3. The van der Waals surface area contributed by atoms with E-state index < -0.39 is 12.0 Å². The smallest absolute Gasteiger partial charge is 0.323 e. The minimum absolute atomic E-state index is 0.362. The quantitative estimate of drug-likeness (QED) is 0.846. The Morgan fingerprint density at radius 2 is 2.05 bits per heavy atom. The predicted octanol–water partition coefficient (Wildman–Crippen LogP) is 0.940. The molecule has 0 heterocycles. The van der Waals surface area contributed by atoms with Gasteiger partial charge in [0.15, 0.2) is 0 Å². The monoisotopic (exact) mass is 262 g/mol. The number of rotatable bonds is 4. The molecular weight excluding hydrogens is 244 g/mol. The second-order valence-electron chi connectivity index (χ2n) is 4.91. The lowest BCUT2D eigenvalue weighted by atomic mass is 10.1. The Hall–Kier alpha value is -1.88. The molecule has 0 aliphatic heterocycles. The van der Waals surface area contributed by atoms with Crippen molar-refractivity contribution in [2.24, 2.45) is 5.73 Å². The van der Waals surface area contributed by atoms with Gasteiger partial charge in [0, 0.05) is 5.69 Å². The average molecular weight is 262 g/mol. The van der Waals surface area contributed by atoms with Gasteiger partial charge in [-0.2, -0.15) is 0 Å². The van der Waals surface area contributed by atoms with Crippen LogP contribution in [0, 0.1) is 0 Å². The number of carboxylic acids is 1. The molecule has 102 valence electrons. The van der Waals surface area contributed by atoms with Gasteiger partial charge in [0.05, 0.1) is 6.04 Å². The zero-order valence-corrected chi connectivity index (χ0v) is 10.9. The molecule has 0 saturated heterocycles. The molecule has 1 aliphatic rings. The van der Waals surface area contributed by atoms with Crippen molar-refractivity contribution >= 4 is 17.6 Å². The number of fused-ring (bicyclic) bond motifs is 1. The fraction of sp³-hybridized carbons (Fsp3) is 0.429. The number of anilines is 1. The first-order chi connectivity index (χ1) is 8.99. The van der Waals surface area contributed by atoms with Gasteiger partial charge in [-0.15, -0.1) is 0 Å². The Bertz CT molecular complexity index is 511. The van der Waals surface area contributed by atoms with Crippen LogP contribution < -0.4 is 10.6 Å². The van der Waals surface area contributed by atoms with Crippen LogP contribution in [-0.2, 0) is 22.4 Å². The molecule has 0 spiro atoms. The summed E-state index contributed by atoms with van der Waals surface area (Å²) in [4.78, 5) is 24.2. The summed E-state index contributed by atoms with van der Waals surface area (Å²) in [6, 6.07) is 4.97. The molecule has 1 atom stereocenters. The van der Waals surface area contributed by atoms with E-state index >= 15 is 0 Å². The lowest BCUT2D eigenvalue weighted by molar-refractivity contribution is -0.136. The van der Waals surface area contributed by atoms with Gasteiger partial charge in [0.1, 0.15) is 6.54 Å². The standard InChI is InChI=1S/C14H18N2O3/c1-9(15)14(19)16(8-13(17)18)12-6-5-10-3-2-4-11(10)7-12/h5-7,9H,2-4,8,15H2,1H3,(H,17,18)/t9-/m0/s1. The van der Waals surface area contributed by atoms with Gasteiger partial charge in [-0.3, -0.25) is 14.5 Å². The van der Waals surface area contributed by atoms with Crippen LogP contribution in [0.4, 0.5) is 5.69 Å². The third kappa shape index (κ3) is 2.93. The van der Waals surface area contributed by atoms with Crippen LogP contribution >= 0.6 is 0 Å². The van der Waals surface area contributed by atoms with Crippen LogP contribution in [0.3, 0.4) is 0 Å². The predicted molar refractivity (Wildman–Crippen MR) is 72.1 cm³/mol. The zero-order valence-electron chi connectivity index (χ0n) is 10.9. The second kappa shape index (κ2) is 5.40. The fourth-order valence-corrected chi connectivity index (χ4v) is 2.40. The molecule has 3 N–H and O–H groups in total. The topological polar surface area (TPSA) is 83.6 Å². The largest absolute Gasteiger partial charge is 0.480 e. The van der Waals surface area contributed by atoms with Gasteiger partial charge < -0.3 is 10.8 Å². The maximum Gasteiger partial charge on any atom is 0.323 e. The highest BCUT2D eigenvalue weighted by Gasteiger charge is 2.23. The van der Waals surface area contributed by atoms with Crippen molar-refractivity contribution in [3.8, 4) is 0 Å². The summed E-state index contributed by atoms with van der Waals surface area (Å²) in [6.07, 6.45) is 3.14. The molecular formula is C14H18N2O3. The molecule has 0 aromatic heterocycles. The molecule has 19 heavy (non-hydrogen) atoms. The fourth-order valence-electron chi connectivity index (χ4n) is 2.40. The highest BCUT2D eigenvalue weighted by atomic mass is 16.4. The molecule has 5 heteroatoms. The van der Waals surface area contributed by atoms with Crippen LogP contribution in [-0.4, -0.2) is 29.6 Å². The van der Waals surface area contributed by atoms with Crippen LogP contribution in [0.2, 0.25) is 0 Å². The average Bonchev–Trinajstić information content (AvgIpc) is 2.81. The van der Waals surface area contributed by atoms with Crippen LogP contribution in [0.5, 0.6) is 0 Å². The number of hydrogen-bond donors (Lipinski definition) is 2. The van der Waals surface area contributed by atoms with Crippen LogP contribution in [0.25, 0.3) is 0 Å². The molecule has 1 amide bonds. The molecule has 2 rings (SSSR count). The number of benzene rings is 1. The molecule has 1 aromatic carbocycles. The Morgan fingerprint density at radius 1 is 1.37 bits per heavy atom. The minimum Gasteiger partial charge on any atom is -0.480 e. The van der Waals surface area contributed by atoms with Crippen molar-refractivity contribution < 1.29 is 14.7 Å². The maximum atomic E-state index is 12.0. The van der Waals surface area contributed by atoms with Crippen LogP contribution in [0.15, 0.2) is 18.2 Å². The Labute approximate surface area is 112 Å². The first-order valence-electron chi connectivity index (χ1n) is 6.39. The summed E-state index contributed by atoms with van der Waals surface area (Å²) in [5.74, 6) is -1.42. The van der Waals surface area contributed by atoms with E-state index in [1.54, 1.807) is 13.0 Å². The number of carboxylic acid groups (broad SMARTS) is 1.